The van der Waals surface area contributed by atoms with E-state index in [1.165, 1.54) is 5.56 Å². The minimum atomic E-state index is -0.125. The zero-order chi connectivity index (χ0) is 23.3. The smallest absolute Gasteiger partial charge is 0.255 e. The third kappa shape index (κ3) is 5.70. The van der Waals surface area contributed by atoms with E-state index in [4.69, 9.17) is 4.74 Å². The summed E-state index contributed by atoms with van der Waals surface area (Å²) in [6.45, 7) is 10.2. The zero-order valence-corrected chi connectivity index (χ0v) is 19.7. The van der Waals surface area contributed by atoms with E-state index in [-0.39, 0.29) is 17.6 Å². The number of carbonyl (C=O) groups is 1. The Bertz CT molecular complexity index is 1060. The molecule has 32 heavy (non-hydrogen) atoms. The number of aromatic hydroxyl groups is 1. The second-order valence-corrected chi connectivity index (χ2v) is 8.67. The minimum Gasteiger partial charge on any atom is -0.508 e. The lowest BCUT2D eigenvalue weighted by Gasteiger charge is -2.16. The largest absolute Gasteiger partial charge is 0.508 e. The molecule has 4 heteroatoms. The van der Waals surface area contributed by atoms with E-state index in [0.29, 0.717) is 11.3 Å². The van der Waals surface area contributed by atoms with E-state index in [1.54, 1.807) is 12.1 Å². The number of rotatable bonds is 8. The molecule has 0 unspecified atom stereocenters. The van der Waals surface area contributed by atoms with Crippen molar-refractivity contribution in [3.05, 3.63) is 82.4 Å². The van der Waals surface area contributed by atoms with Gasteiger partial charge in [0.2, 0.25) is 0 Å². The number of benzene rings is 3. The van der Waals surface area contributed by atoms with Gasteiger partial charge < -0.3 is 15.2 Å². The molecule has 0 spiro atoms. The molecule has 0 saturated heterocycles. The van der Waals surface area contributed by atoms with Gasteiger partial charge in [0.05, 0.1) is 0 Å². The van der Waals surface area contributed by atoms with Crippen LogP contribution in [-0.2, 0) is 6.42 Å². The molecule has 0 saturated carbocycles. The van der Waals surface area contributed by atoms with Crippen molar-refractivity contribution in [2.45, 2.75) is 59.8 Å². The van der Waals surface area contributed by atoms with Crippen molar-refractivity contribution in [1.29, 1.82) is 0 Å². The first kappa shape index (κ1) is 23.4. The van der Waals surface area contributed by atoms with E-state index in [2.05, 4.69) is 12.2 Å². The number of unbranched alkanes of at least 4 members (excludes halogenated alkanes) is 1. The number of phenols is 1. The van der Waals surface area contributed by atoms with E-state index in [1.807, 2.05) is 70.2 Å². The first-order valence-corrected chi connectivity index (χ1v) is 11.3. The lowest BCUT2D eigenvalue weighted by Crippen LogP contribution is -2.12. The van der Waals surface area contributed by atoms with Gasteiger partial charge in [0.15, 0.2) is 0 Å². The molecule has 4 nitrogen and oxygen atoms in total. The van der Waals surface area contributed by atoms with Gasteiger partial charge in [0, 0.05) is 16.8 Å². The summed E-state index contributed by atoms with van der Waals surface area (Å²) in [5.74, 6) is 1.78. The average molecular weight is 432 g/mol. The summed E-state index contributed by atoms with van der Waals surface area (Å²) in [4.78, 5) is 12.7. The lowest BCUT2D eigenvalue weighted by atomic mass is 10.0. The summed E-state index contributed by atoms with van der Waals surface area (Å²) in [5, 5.41) is 13.0. The fraction of sp³-hybridized carbons (Fsp3) is 0.321. The molecule has 2 N–H and O–H groups in total. The first-order chi connectivity index (χ1) is 15.3. The molecule has 1 amide bonds. The SMILES string of the molecule is CCCCc1ccc(C(=O)Nc2cc(C)c(Oc3ccc(O)c(C(C)C)c3)c(C)c2)cc1. The highest BCUT2D eigenvalue weighted by atomic mass is 16.5. The number of nitrogens with one attached hydrogen (secondary N) is 1. The van der Waals surface area contributed by atoms with Crippen molar-refractivity contribution in [3.8, 4) is 17.2 Å². The molecule has 3 aromatic carbocycles. The van der Waals surface area contributed by atoms with Crippen LogP contribution in [0.3, 0.4) is 0 Å². The monoisotopic (exact) mass is 431 g/mol. The fourth-order valence-electron chi connectivity index (χ4n) is 3.77. The number of carbonyl (C=O) groups excluding carboxylic acids is 1. The van der Waals surface area contributed by atoms with Crippen molar-refractivity contribution in [2.24, 2.45) is 0 Å². The predicted octanol–water partition coefficient (Wildman–Crippen LogP) is 7.52. The molecule has 168 valence electrons. The fourth-order valence-corrected chi connectivity index (χ4v) is 3.77. The maximum absolute atomic E-state index is 12.7. The van der Waals surface area contributed by atoms with E-state index >= 15 is 0 Å². The predicted molar refractivity (Wildman–Crippen MR) is 131 cm³/mol. The summed E-state index contributed by atoms with van der Waals surface area (Å²) in [7, 11) is 0. The van der Waals surface area contributed by atoms with Crippen molar-refractivity contribution in [3.63, 3.8) is 0 Å². The summed E-state index contributed by atoms with van der Waals surface area (Å²) in [5.41, 5.74) is 5.34. The van der Waals surface area contributed by atoms with Crippen LogP contribution < -0.4 is 10.1 Å². The van der Waals surface area contributed by atoms with Gasteiger partial charge in [-0.25, -0.2) is 0 Å². The third-order valence-electron chi connectivity index (χ3n) is 5.59. The highest BCUT2D eigenvalue weighted by Gasteiger charge is 2.13. The van der Waals surface area contributed by atoms with E-state index in [0.717, 1.165) is 47.4 Å². The second kappa shape index (κ2) is 10.4. The Hall–Kier alpha value is -3.27. The van der Waals surface area contributed by atoms with E-state index < -0.39 is 0 Å². The molecule has 0 bridgehead atoms. The number of ether oxygens (including phenoxy) is 1. The normalized spacial score (nSPS) is 10.9. The van der Waals surface area contributed by atoms with Gasteiger partial charge in [-0.1, -0.05) is 39.3 Å². The minimum absolute atomic E-state index is 0.125. The Morgan fingerprint density at radius 2 is 1.66 bits per heavy atom. The van der Waals surface area contributed by atoms with Crippen LogP contribution in [0.5, 0.6) is 17.2 Å². The Kier molecular flexibility index (Phi) is 7.57. The standard InChI is InChI=1S/C28H33NO3/c1-6-7-8-21-9-11-22(12-10-21)28(31)29-23-15-19(4)27(20(5)16-23)32-24-13-14-26(30)25(17-24)18(2)3/h9-18,30H,6-8H2,1-5H3,(H,29,31). The van der Waals surface area contributed by atoms with Crippen molar-refractivity contribution < 1.29 is 14.6 Å². The highest BCUT2D eigenvalue weighted by Crippen LogP contribution is 2.35. The summed E-state index contributed by atoms with van der Waals surface area (Å²) >= 11 is 0. The van der Waals surface area contributed by atoms with Crippen LogP contribution in [0.2, 0.25) is 0 Å². The van der Waals surface area contributed by atoms with Gasteiger partial charge in [0.25, 0.3) is 5.91 Å². The van der Waals surface area contributed by atoms with Crippen LogP contribution in [-0.4, -0.2) is 11.0 Å². The summed E-state index contributed by atoms with van der Waals surface area (Å²) in [6.07, 6.45) is 3.35. The summed E-state index contributed by atoms with van der Waals surface area (Å²) in [6, 6.07) is 17.0. The molecule has 0 aliphatic rings. The molecule has 0 atom stereocenters. The Labute approximate surface area is 191 Å². The number of hydrogen-bond acceptors (Lipinski definition) is 3. The Balaban J connectivity index is 1.74. The van der Waals surface area contributed by atoms with Crippen LogP contribution in [0.4, 0.5) is 5.69 Å². The van der Waals surface area contributed by atoms with E-state index in [9.17, 15) is 9.90 Å². The van der Waals surface area contributed by atoms with Gasteiger partial charge in [-0.15, -0.1) is 0 Å². The topological polar surface area (TPSA) is 58.6 Å². The average Bonchev–Trinajstić information content (AvgIpc) is 2.76. The van der Waals surface area contributed by atoms with Crippen molar-refractivity contribution >= 4 is 11.6 Å². The first-order valence-electron chi connectivity index (χ1n) is 11.3. The van der Waals surface area contributed by atoms with Crippen LogP contribution in [0.25, 0.3) is 0 Å². The van der Waals surface area contributed by atoms with Gasteiger partial charge in [-0.05, 0) is 91.8 Å². The van der Waals surface area contributed by atoms with Crippen LogP contribution in [0.1, 0.15) is 72.1 Å². The number of amides is 1. The number of hydrogen-bond donors (Lipinski definition) is 2. The molecule has 0 aliphatic carbocycles. The number of anilines is 1. The zero-order valence-electron chi connectivity index (χ0n) is 19.7. The van der Waals surface area contributed by atoms with Gasteiger partial charge in [0.1, 0.15) is 17.2 Å². The molecule has 0 radical (unpaired) electrons. The molecular formula is C28H33NO3. The van der Waals surface area contributed by atoms with Crippen LogP contribution in [0.15, 0.2) is 54.6 Å². The quantitative estimate of drug-likeness (QED) is 0.388. The van der Waals surface area contributed by atoms with Crippen molar-refractivity contribution in [1.82, 2.24) is 0 Å². The molecule has 0 fully saturated rings. The number of phenolic OH excluding ortho intramolecular Hbond substituents is 1. The third-order valence-corrected chi connectivity index (χ3v) is 5.59. The summed E-state index contributed by atoms with van der Waals surface area (Å²) < 4.78 is 6.15. The molecule has 0 aromatic heterocycles. The van der Waals surface area contributed by atoms with Crippen LogP contribution >= 0.6 is 0 Å². The van der Waals surface area contributed by atoms with Gasteiger partial charge in [-0.3, -0.25) is 4.79 Å². The number of aryl methyl sites for hydroxylation is 3. The van der Waals surface area contributed by atoms with Gasteiger partial charge in [-0.2, -0.15) is 0 Å². The van der Waals surface area contributed by atoms with Crippen molar-refractivity contribution in [2.75, 3.05) is 5.32 Å². The maximum Gasteiger partial charge on any atom is 0.255 e. The lowest BCUT2D eigenvalue weighted by molar-refractivity contribution is 0.102. The molecule has 0 aliphatic heterocycles. The molecule has 3 aromatic rings. The Morgan fingerprint density at radius 1 is 1.00 bits per heavy atom. The maximum atomic E-state index is 12.7. The van der Waals surface area contributed by atoms with Crippen LogP contribution in [0, 0.1) is 13.8 Å². The second-order valence-electron chi connectivity index (χ2n) is 8.67. The highest BCUT2D eigenvalue weighted by molar-refractivity contribution is 6.04. The molecule has 3 rings (SSSR count). The molecule has 0 heterocycles. The molecular weight excluding hydrogens is 398 g/mol. The van der Waals surface area contributed by atoms with Gasteiger partial charge >= 0.3 is 0 Å². The Morgan fingerprint density at radius 3 is 2.25 bits per heavy atom.